The smallest absolute Gasteiger partial charge is 0.323 e. The molecule has 0 radical (unpaired) electrons. The number of urea groups is 1. The number of nitrogens with zero attached hydrogens (tertiary/aromatic N) is 2. The highest BCUT2D eigenvalue weighted by atomic mass is 35.5. The van der Waals surface area contributed by atoms with E-state index in [1.54, 1.807) is 36.4 Å². The molecule has 3 amide bonds. The van der Waals surface area contributed by atoms with E-state index in [-0.39, 0.29) is 29.7 Å². The van der Waals surface area contributed by atoms with Gasteiger partial charge in [-0.1, -0.05) is 41.9 Å². The molecule has 9 heteroatoms. The number of halogens is 2. The molecule has 0 saturated carbocycles. The Labute approximate surface area is 195 Å². The summed E-state index contributed by atoms with van der Waals surface area (Å²) in [6, 6.07) is 9.93. The maximum absolute atomic E-state index is 14.2. The molecule has 1 fully saturated rings. The molecule has 1 aliphatic heterocycles. The van der Waals surface area contributed by atoms with Gasteiger partial charge in [-0.3, -0.25) is 9.36 Å². The van der Waals surface area contributed by atoms with Crippen LogP contribution in [-0.2, 0) is 11.2 Å². The number of para-hydroxylation sites is 1. The van der Waals surface area contributed by atoms with E-state index in [9.17, 15) is 18.8 Å². The third-order valence-corrected chi connectivity index (χ3v) is 6.43. The van der Waals surface area contributed by atoms with Gasteiger partial charge in [0.2, 0.25) is 0 Å². The summed E-state index contributed by atoms with van der Waals surface area (Å²) < 4.78 is 15.4. The lowest BCUT2D eigenvalue weighted by Gasteiger charge is -2.28. The number of fused-ring (bicyclic) bond motifs is 1. The van der Waals surface area contributed by atoms with Crippen LogP contribution in [0.2, 0.25) is 5.02 Å². The van der Waals surface area contributed by atoms with Crippen LogP contribution in [0, 0.1) is 5.82 Å². The fourth-order valence-corrected chi connectivity index (χ4v) is 4.64. The average molecular weight is 471 g/mol. The van der Waals surface area contributed by atoms with Crippen molar-refractivity contribution in [2.24, 2.45) is 5.73 Å². The van der Waals surface area contributed by atoms with E-state index in [4.69, 9.17) is 17.3 Å². The third-order valence-electron chi connectivity index (χ3n) is 6.14. The Morgan fingerprint density at radius 3 is 2.67 bits per heavy atom. The van der Waals surface area contributed by atoms with Gasteiger partial charge in [-0.25, -0.2) is 14.0 Å². The van der Waals surface area contributed by atoms with Crippen molar-refractivity contribution in [3.8, 4) is 0 Å². The van der Waals surface area contributed by atoms with Gasteiger partial charge >= 0.3 is 12.1 Å². The number of benzene rings is 2. The number of rotatable bonds is 5. The Morgan fingerprint density at radius 1 is 1.15 bits per heavy atom. The fourth-order valence-electron chi connectivity index (χ4n) is 4.45. The number of aromatic nitrogens is 1. The van der Waals surface area contributed by atoms with Crippen LogP contribution < -0.4 is 11.1 Å². The van der Waals surface area contributed by atoms with Crippen LogP contribution in [0.15, 0.2) is 48.7 Å². The number of primary amides is 1. The van der Waals surface area contributed by atoms with Gasteiger partial charge in [0.25, 0.3) is 0 Å². The van der Waals surface area contributed by atoms with E-state index in [1.807, 2.05) is 6.92 Å². The van der Waals surface area contributed by atoms with E-state index in [2.05, 4.69) is 5.32 Å². The van der Waals surface area contributed by atoms with Crippen LogP contribution in [0.1, 0.15) is 31.7 Å². The lowest BCUT2D eigenvalue weighted by molar-refractivity contribution is -0.122. The molecule has 33 heavy (non-hydrogen) atoms. The van der Waals surface area contributed by atoms with Crippen LogP contribution in [0.25, 0.3) is 10.9 Å². The predicted octanol–water partition coefficient (Wildman–Crippen LogP) is 4.95. The van der Waals surface area contributed by atoms with E-state index >= 15 is 0 Å². The minimum atomic E-state index is -0.664. The zero-order chi connectivity index (χ0) is 23.7. The SMILES string of the molecule is C[C@@H]1CC[C@@H](C(=O)CCc2cccc(Cl)c2F)N1C(=O)Nc1cn(C(N)=O)c2ccccc12. The Kier molecular flexibility index (Phi) is 6.37. The van der Waals surface area contributed by atoms with E-state index in [0.29, 0.717) is 35.0 Å². The zero-order valence-electron chi connectivity index (χ0n) is 18.1. The Hall–Kier alpha value is -3.39. The van der Waals surface area contributed by atoms with Crippen molar-refractivity contribution in [1.82, 2.24) is 9.47 Å². The van der Waals surface area contributed by atoms with Gasteiger partial charge in [0.15, 0.2) is 5.78 Å². The first-order valence-corrected chi connectivity index (χ1v) is 11.1. The number of amides is 3. The molecule has 0 unspecified atom stereocenters. The topological polar surface area (TPSA) is 97.4 Å². The van der Waals surface area contributed by atoms with Crippen molar-refractivity contribution < 1.29 is 18.8 Å². The number of likely N-dealkylation sites (tertiary alicyclic amines) is 1. The Morgan fingerprint density at radius 2 is 1.91 bits per heavy atom. The summed E-state index contributed by atoms with van der Waals surface area (Å²) in [7, 11) is 0. The minimum Gasteiger partial charge on any atom is -0.351 e. The largest absolute Gasteiger partial charge is 0.351 e. The second-order valence-electron chi connectivity index (χ2n) is 8.23. The fraction of sp³-hybridized carbons (Fsp3) is 0.292. The molecule has 2 aromatic carbocycles. The summed E-state index contributed by atoms with van der Waals surface area (Å²) >= 11 is 5.83. The number of anilines is 1. The van der Waals surface area contributed by atoms with Gasteiger partial charge < -0.3 is 16.0 Å². The van der Waals surface area contributed by atoms with Crippen LogP contribution in [0.3, 0.4) is 0 Å². The van der Waals surface area contributed by atoms with E-state index < -0.39 is 23.9 Å². The number of hydrogen-bond acceptors (Lipinski definition) is 3. The summed E-state index contributed by atoms with van der Waals surface area (Å²) in [5.74, 6) is -0.652. The Balaban J connectivity index is 1.51. The number of hydrogen-bond donors (Lipinski definition) is 2. The summed E-state index contributed by atoms with van der Waals surface area (Å²) in [6.45, 7) is 1.89. The quantitative estimate of drug-likeness (QED) is 0.552. The molecule has 4 rings (SSSR count). The van der Waals surface area contributed by atoms with Crippen LogP contribution >= 0.6 is 11.6 Å². The molecule has 2 atom stereocenters. The highest BCUT2D eigenvalue weighted by Gasteiger charge is 2.38. The molecule has 2 heterocycles. The lowest BCUT2D eigenvalue weighted by Crippen LogP contribution is -2.46. The lowest BCUT2D eigenvalue weighted by atomic mass is 10.0. The zero-order valence-corrected chi connectivity index (χ0v) is 18.8. The minimum absolute atomic E-state index is 0.0190. The van der Waals surface area contributed by atoms with Gasteiger partial charge in [-0.15, -0.1) is 0 Å². The molecule has 3 aromatic rings. The van der Waals surface area contributed by atoms with Crippen LogP contribution in [-0.4, -0.2) is 39.4 Å². The third kappa shape index (κ3) is 4.43. The van der Waals surface area contributed by atoms with Crippen LogP contribution in [0.4, 0.5) is 19.7 Å². The van der Waals surface area contributed by atoms with Crippen LogP contribution in [0.5, 0.6) is 0 Å². The first-order valence-electron chi connectivity index (χ1n) is 10.7. The second kappa shape index (κ2) is 9.23. The molecule has 0 aliphatic carbocycles. The second-order valence-corrected chi connectivity index (χ2v) is 8.63. The van der Waals surface area contributed by atoms with Crippen molar-refractivity contribution in [2.75, 3.05) is 5.32 Å². The molecule has 0 spiro atoms. The number of ketones is 1. The average Bonchev–Trinajstić information content (AvgIpc) is 3.35. The standard InChI is InChI=1S/C24H24ClFN4O3/c1-14-9-11-20(21(31)12-10-15-5-4-7-17(25)22(15)26)30(14)24(33)28-18-13-29(23(27)32)19-8-3-2-6-16(18)19/h2-8,13-14,20H,9-12H2,1H3,(H2,27,32)(H,28,33)/t14-,20+/m1/s1. The molecule has 1 aromatic heterocycles. The number of nitrogens with two attached hydrogens (primary N) is 1. The van der Waals surface area contributed by atoms with Crippen molar-refractivity contribution in [2.45, 2.75) is 44.7 Å². The van der Waals surface area contributed by atoms with Gasteiger partial charge in [-0.05, 0) is 43.9 Å². The molecular weight excluding hydrogens is 447 g/mol. The number of carbonyl (C=O) groups excluding carboxylic acids is 3. The van der Waals surface area contributed by atoms with Crippen molar-refractivity contribution >= 4 is 46.0 Å². The molecular formula is C24H24ClFN4O3. The van der Waals surface area contributed by atoms with Gasteiger partial charge in [0, 0.05) is 24.0 Å². The van der Waals surface area contributed by atoms with Gasteiger partial charge in [0.05, 0.1) is 22.3 Å². The molecule has 7 nitrogen and oxygen atoms in total. The normalized spacial score (nSPS) is 18.0. The summed E-state index contributed by atoms with van der Waals surface area (Å²) in [6.07, 6.45) is 2.99. The first-order chi connectivity index (χ1) is 15.8. The molecule has 172 valence electrons. The summed E-state index contributed by atoms with van der Waals surface area (Å²) in [5, 5.41) is 3.52. The number of Topliss-reactive ketones (excluding diaryl/α,β-unsaturated/α-hetero) is 1. The number of aryl methyl sites for hydroxylation is 1. The van der Waals surface area contributed by atoms with Gasteiger partial charge in [0.1, 0.15) is 5.82 Å². The predicted molar refractivity (Wildman–Crippen MR) is 125 cm³/mol. The first kappa shape index (κ1) is 22.8. The number of carbonyl (C=O) groups is 3. The maximum atomic E-state index is 14.2. The van der Waals surface area contributed by atoms with E-state index in [1.165, 1.54) is 21.7 Å². The van der Waals surface area contributed by atoms with Crippen molar-refractivity contribution in [1.29, 1.82) is 0 Å². The van der Waals surface area contributed by atoms with Crippen molar-refractivity contribution in [3.05, 3.63) is 65.1 Å². The van der Waals surface area contributed by atoms with Crippen molar-refractivity contribution in [3.63, 3.8) is 0 Å². The molecule has 0 bridgehead atoms. The highest BCUT2D eigenvalue weighted by molar-refractivity contribution is 6.30. The summed E-state index contributed by atoms with van der Waals surface area (Å²) in [5.41, 5.74) is 6.83. The maximum Gasteiger partial charge on any atom is 0.323 e. The Bertz CT molecular complexity index is 1240. The molecule has 1 aliphatic rings. The monoisotopic (exact) mass is 470 g/mol. The molecule has 1 saturated heterocycles. The van der Waals surface area contributed by atoms with Gasteiger partial charge in [-0.2, -0.15) is 0 Å². The van der Waals surface area contributed by atoms with E-state index in [0.717, 1.165) is 0 Å². The molecule has 3 N–H and O–H groups in total. The highest BCUT2D eigenvalue weighted by Crippen LogP contribution is 2.30. The summed E-state index contributed by atoms with van der Waals surface area (Å²) in [4.78, 5) is 39.5. The number of nitrogens with one attached hydrogen (secondary N) is 1.